The average molecular weight is 787 g/mol. The lowest BCUT2D eigenvalue weighted by Gasteiger charge is -2.31. The molecule has 1 aliphatic rings. The number of benzene rings is 1. The summed E-state index contributed by atoms with van der Waals surface area (Å²) in [6.07, 6.45) is -0.631. The van der Waals surface area contributed by atoms with Gasteiger partial charge in [0.2, 0.25) is 41.4 Å². The molecule has 312 valence electrons. The second kappa shape index (κ2) is 22.6. The first-order valence-electron chi connectivity index (χ1n) is 19.3. The van der Waals surface area contributed by atoms with Crippen LogP contribution < -0.4 is 38.1 Å². The molecule has 0 spiro atoms. The lowest BCUT2D eigenvalue weighted by Crippen LogP contribution is -2.59. The maximum Gasteiger partial charge on any atom is 0.243 e. The van der Waals surface area contributed by atoms with E-state index in [1.807, 2.05) is 20.8 Å². The lowest BCUT2D eigenvalue weighted by atomic mass is 9.96. The summed E-state index contributed by atoms with van der Waals surface area (Å²) in [7, 11) is 0. The molecule has 0 aliphatic carbocycles. The summed E-state index contributed by atoms with van der Waals surface area (Å²) >= 11 is 0. The van der Waals surface area contributed by atoms with Crippen LogP contribution in [0.4, 0.5) is 0 Å². The van der Waals surface area contributed by atoms with Crippen molar-refractivity contribution in [2.75, 3.05) is 13.1 Å². The second-order valence-corrected chi connectivity index (χ2v) is 15.4. The summed E-state index contributed by atoms with van der Waals surface area (Å²) in [5, 5.41) is 24.4. The Kier molecular flexibility index (Phi) is 19.1. The number of aliphatic hydroxyl groups is 1. The lowest BCUT2D eigenvalue weighted by molar-refractivity contribution is -0.137. The van der Waals surface area contributed by atoms with Crippen molar-refractivity contribution in [1.82, 2.24) is 31.5 Å². The fraction of sp³-hybridized carbons (Fsp3) is 0.641. The molecule has 56 heavy (non-hydrogen) atoms. The number of nitrogens with zero attached hydrogens (tertiary/aromatic N) is 1. The van der Waals surface area contributed by atoms with Crippen LogP contribution in [0.25, 0.3) is 0 Å². The van der Waals surface area contributed by atoms with Gasteiger partial charge in [-0.2, -0.15) is 0 Å². The molecule has 0 radical (unpaired) electrons. The monoisotopic (exact) mass is 786 g/mol. The number of nitrogens with two attached hydrogens (primary N) is 2. The van der Waals surface area contributed by atoms with Crippen molar-refractivity contribution in [2.45, 2.75) is 129 Å². The summed E-state index contributed by atoms with van der Waals surface area (Å²) < 4.78 is 0. The van der Waals surface area contributed by atoms with Gasteiger partial charge >= 0.3 is 0 Å². The molecule has 2 rings (SSSR count). The number of amides is 7. The first-order chi connectivity index (χ1) is 26.2. The Bertz CT molecular complexity index is 1540. The maximum atomic E-state index is 14.0. The van der Waals surface area contributed by atoms with Crippen molar-refractivity contribution in [3.63, 3.8) is 0 Å². The van der Waals surface area contributed by atoms with Crippen molar-refractivity contribution < 1.29 is 43.5 Å². The first-order valence-corrected chi connectivity index (χ1v) is 19.3. The highest BCUT2D eigenvalue weighted by Crippen LogP contribution is 2.20. The Balaban J connectivity index is 2.30. The number of Topliss-reactive ketones (excluding diaryl/α,β-unsaturated/α-hetero) is 1. The zero-order chi connectivity index (χ0) is 42.3. The van der Waals surface area contributed by atoms with Gasteiger partial charge in [-0.15, -0.1) is 0 Å². The molecule has 0 unspecified atom stereocenters. The van der Waals surface area contributed by atoms with Crippen LogP contribution in [-0.2, 0) is 44.8 Å². The van der Waals surface area contributed by atoms with Gasteiger partial charge in [-0.1, -0.05) is 78.3 Å². The van der Waals surface area contributed by atoms with Crippen LogP contribution in [0.3, 0.4) is 0 Å². The Morgan fingerprint density at radius 2 is 1.41 bits per heavy atom. The van der Waals surface area contributed by atoms with Gasteiger partial charge in [0.25, 0.3) is 0 Å². The highest BCUT2D eigenvalue weighted by Gasteiger charge is 2.39. The molecule has 1 aromatic rings. The summed E-state index contributed by atoms with van der Waals surface area (Å²) in [5.41, 5.74) is 11.6. The second-order valence-electron chi connectivity index (χ2n) is 15.4. The predicted octanol–water partition coefficient (Wildman–Crippen LogP) is -0.824. The largest absolute Gasteiger partial charge is 0.384 e. The molecule has 10 N–H and O–H groups in total. The summed E-state index contributed by atoms with van der Waals surface area (Å²) in [4.78, 5) is 105. The van der Waals surface area contributed by atoms with Crippen molar-refractivity contribution >= 4 is 47.1 Å². The number of nitrogens with one attached hydrogen (secondary N) is 5. The van der Waals surface area contributed by atoms with E-state index in [4.69, 9.17) is 11.5 Å². The Labute approximate surface area is 329 Å². The van der Waals surface area contributed by atoms with Gasteiger partial charge in [0.05, 0.1) is 18.5 Å². The van der Waals surface area contributed by atoms with Gasteiger partial charge < -0.3 is 43.2 Å². The average Bonchev–Trinajstić information content (AvgIpc) is 3.58. The summed E-state index contributed by atoms with van der Waals surface area (Å²) in [6, 6.07) is 2.12. The van der Waals surface area contributed by atoms with Crippen LogP contribution in [0, 0.1) is 17.8 Å². The number of primary amides is 2. The maximum absolute atomic E-state index is 14.0. The highest BCUT2D eigenvalue weighted by molar-refractivity contribution is 5.98. The quantitative estimate of drug-likeness (QED) is 0.0683. The Hall–Kier alpha value is -4.90. The molecule has 8 atom stereocenters. The fourth-order valence-electron chi connectivity index (χ4n) is 6.62. The number of β-amino-alcohol motifs (C(OH)–C–C–N with tert-alkyl or cyclic N) is 1. The van der Waals surface area contributed by atoms with Crippen molar-refractivity contribution in [1.29, 1.82) is 0 Å². The molecular formula is C39H62N8O9. The van der Waals surface area contributed by atoms with Crippen LogP contribution in [0.1, 0.15) is 86.1 Å². The van der Waals surface area contributed by atoms with E-state index in [1.165, 1.54) is 6.92 Å². The van der Waals surface area contributed by atoms with Crippen molar-refractivity contribution in [3.05, 3.63) is 35.9 Å². The van der Waals surface area contributed by atoms with E-state index < -0.39 is 95.9 Å². The zero-order valence-corrected chi connectivity index (χ0v) is 33.6. The zero-order valence-electron chi connectivity index (χ0n) is 33.6. The van der Waals surface area contributed by atoms with Gasteiger partial charge in [0.15, 0.2) is 5.78 Å². The molecule has 0 aromatic heterocycles. The highest BCUT2D eigenvalue weighted by atomic mass is 16.3. The molecule has 1 heterocycles. The summed E-state index contributed by atoms with van der Waals surface area (Å²) in [6.45, 7) is 12.1. The SMILES string of the molecule is CC[C@H](C)[C@H](NC(=O)[C@@H]1CCCN1C[C@H](O)C(=O)[C@H](Cc1ccccc1)NC(=O)[C@H](CC(N)=O)NC(=O)[C@H](CC(C)C)NC(C)=O)C(=O)N[C@H](C(N)=O)C(C)C. The Morgan fingerprint density at radius 3 is 1.95 bits per heavy atom. The predicted molar refractivity (Wildman–Crippen MR) is 208 cm³/mol. The van der Waals surface area contributed by atoms with Gasteiger partial charge in [-0.05, 0) is 55.5 Å². The third-order valence-corrected chi connectivity index (χ3v) is 9.85. The first kappa shape index (κ1) is 47.3. The molecule has 1 aliphatic heterocycles. The molecule has 7 amide bonds. The van der Waals surface area contributed by atoms with Crippen LogP contribution in [0.2, 0.25) is 0 Å². The topological polar surface area (TPSA) is 272 Å². The number of ketones is 1. The van der Waals surface area contributed by atoms with E-state index in [0.29, 0.717) is 31.4 Å². The molecule has 1 aromatic carbocycles. The molecule has 1 saturated heterocycles. The van der Waals surface area contributed by atoms with Crippen molar-refractivity contribution in [3.8, 4) is 0 Å². The smallest absolute Gasteiger partial charge is 0.243 e. The number of hydrogen-bond donors (Lipinski definition) is 8. The van der Waals surface area contributed by atoms with E-state index in [2.05, 4.69) is 26.6 Å². The van der Waals surface area contributed by atoms with Crippen LogP contribution in [0.5, 0.6) is 0 Å². The molecule has 0 bridgehead atoms. The molecule has 1 fully saturated rings. The van der Waals surface area contributed by atoms with Gasteiger partial charge in [-0.25, -0.2) is 0 Å². The van der Waals surface area contributed by atoms with Crippen LogP contribution >= 0.6 is 0 Å². The van der Waals surface area contributed by atoms with E-state index in [0.717, 1.165) is 0 Å². The summed E-state index contributed by atoms with van der Waals surface area (Å²) in [5.74, 6) is -6.13. The van der Waals surface area contributed by atoms with Crippen LogP contribution in [0.15, 0.2) is 30.3 Å². The van der Waals surface area contributed by atoms with Gasteiger partial charge in [0.1, 0.15) is 30.3 Å². The molecule has 17 nitrogen and oxygen atoms in total. The van der Waals surface area contributed by atoms with E-state index in [-0.39, 0.29) is 37.1 Å². The van der Waals surface area contributed by atoms with Crippen LogP contribution in [-0.4, -0.2) is 113 Å². The Morgan fingerprint density at radius 1 is 0.804 bits per heavy atom. The van der Waals surface area contributed by atoms with Gasteiger partial charge in [0, 0.05) is 13.5 Å². The number of carbonyl (C=O) groups excluding carboxylic acids is 8. The molecular weight excluding hydrogens is 724 g/mol. The third-order valence-electron chi connectivity index (χ3n) is 9.85. The molecule has 0 saturated carbocycles. The minimum Gasteiger partial charge on any atom is -0.384 e. The van der Waals surface area contributed by atoms with E-state index in [1.54, 1.807) is 56.0 Å². The number of rotatable bonds is 23. The van der Waals surface area contributed by atoms with E-state index >= 15 is 0 Å². The van der Waals surface area contributed by atoms with Crippen molar-refractivity contribution in [2.24, 2.45) is 29.2 Å². The minimum absolute atomic E-state index is 0.0109. The number of aliphatic hydroxyl groups excluding tert-OH is 1. The minimum atomic E-state index is -1.69. The third kappa shape index (κ3) is 15.0. The number of carbonyl (C=O) groups is 8. The fourth-order valence-corrected chi connectivity index (χ4v) is 6.62. The van der Waals surface area contributed by atoms with E-state index in [9.17, 15) is 43.5 Å². The normalized spacial score (nSPS) is 18.1. The van der Waals surface area contributed by atoms with Gasteiger partial charge in [-0.3, -0.25) is 43.3 Å². The number of likely N-dealkylation sites (tertiary alicyclic amines) is 1. The molecule has 17 heteroatoms. The number of hydrogen-bond acceptors (Lipinski definition) is 10. The standard InChI is InChI=1S/C39H62N8O9/c1-8-23(6)33(39(56)45-32(22(4)5)35(41)52)46-38(55)29-15-12-16-47(29)20-30(49)34(51)26(18-25-13-10-9-11-14-25)43-37(54)28(19-31(40)50)44-36(53)27(17-21(2)3)42-24(7)48/h9-11,13-14,21-23,26-30,32-33,49H,8,12,15-20H2,1-7H3,(H2,40,50)(H2,41,52)(H,42,48)(H,43,54)(H,44,53)(H,45,56)(H,46,55)/t23-,26-,27-,28-,29-,30-,32-,33-/m0/s1.